The van der Waals surface area contributed by atoms with Crippen molar-refractivity contribution in [2.45, 2.75) is 6.61 Å². The molecule has 0 saturated carbocycles. The number of methoxy groups -OCH3 is 1. The largest absolute Gasteiger partial charge is 0.507 e. The third kappa shape index (κ3) is 5.88. The summed E-state index contributed by atoms with van der Waals surface area (Å²) in [6.45, 7) is 0.212. The molecule has 0 radical (unpaired) electrons. The van der Waals surface area contributed by atoms with Crippen molar-refractivity contribution in [3.05, 3.63) is 97.9 Å². The molecule has 1 amide bonds. The molecule has 0 atom stereocenters. The first kappa shape index (κ1) is 24.9. The summed E-state index contributed by atoms with van der Waals surface area (Å²) in [6, 6.07) is 19.3. The van der Waals surface area contributed by atoms with Gasteiger partial charge in [0.25, 0.3) is 5.91 Å². The van der Waals surface area contributed by atoms with E-state index in [-0.39, 0.29) is 17.9 Å². The number of phenolic OH excluding ortho intramolecular Hbond substituents is 1. The van der Waals surface area contributed by atoms with Gasteiger partial charge in [0.1, 0.15) is 12.4 Å². The highest BCUT2D eigenvalue weighted by Crippen LogP contribution is 2.37. The number of carbonyl (C=O) groups excluding carboxylic acids is 1. The lowest BCUT2D eigenvalue weighted by Crippen LogP contribution is -2.17. The van der Waals surface area contributed by atoms with E-state index in [2.05, 4.69) is 26.5 Å². The van der Waals surface area contributed by atoms with Crippen molar-refractivity contribution in [3.63, 3.8) is 0 Å². The number of amides is 1. The van der Waals surface area contributed by atoms with Crippen LogP contribution < -0.4 is 14.9 Å². The zero-order valence-electron chi connectivity index (χ0n) is 18.4. The smallest absolute Gasteiger partial charge is 0.275 e. The predicted octanol–water partition coefficient (Wildman–Crippen LogP) is 6.97. The van der Waals surface area contributed by atoms with Gasteiger partial charge in [0.15, 0.2) is 11.5 Å². The minimum atomic E-state index is -0.532. The summed E-state index contributed by atoms with van der Waals surface area (Å²) in [6.07, 6.45) is 1.46. The van der Waals surface area contributed by atoms with Crippen molar-refractivity contribution in [1.29, 1.82) is 0 Å². The summed E-state index contributed by atoms with van der Waals surface area (Å²) < 4.78 is 12.0. The van der Waals surface area contributed by atoms with E-state index in [0.29, 0.717) is 31.6 Å². The second-order valence-corrected chi connectivity index (χ2v) is 9.17. The van der Waals surface area contributed by atoms with Gasteiger partial charge in [0.2, 0.25) is 0 Å². The second kappa shape index (κ2) is 11.0. The molecule has 0 saturated heterocycles. The molecule has 4 rings (SSSR count). The van der Waals surface area contributed by atoms with E-state index in [1.807, 2.05) is 24.3 Å². The SMILES string of the molecule is COc1cc(/C=N/NC(=O)c2cc3ccccc3cc2O)cc(Br)c1OCc1ccc(Cl)cc1Cl. The molecule has 4 aromatic rings. The Kier molecular flexibility index (Phi) is 7.80. The van der Waals surface area contributed by atoms with Crippen molar-refractivity contribution < 1.29 is 19.4 Å². The molecule has 6 nitrogen and oxygen atoms in total. The van der Waals surface area contributed by atoms with Gasteiger partial charge in [0, 0.05) is 15.6 Å². The van der Waals surface area contributed by atoms with E-state index in [1.165, 1.54) is 13.3 Å². The molecule has 0 fully saturated rings. The van der Waals surface area contributed by atoms with Gasteiger partial charge in [-0.25, -0.2) is 5.43 Å². The monoisotopic (exact) mass is 572 g/mol. The van der Waals surface area contributed by atoms with Crippen molar-refractivity contribution >= 4 is 62.0 Å². The molecule has 0 bridgehead atoms. The maximum atomic E-state index is 12.6. The molecule has 9 heteroatoms. The Hall–Kier alpha value is -3.26. The van der Waals surface area contributed by atoms with E-state index in [9.17, 15) is 9.90 Å². The lowest BCUT2D eigenvalue weighted by atomic mass is 10.1. The number of phenols is 1. The molecule has 0 aliphatic heterocycles. The zero-order valence-corrected chi connectivity index (χ0v) is 21.5. The normalized spacial score (nSPS) is 11.1. The molecular weight excluding hydrogens is 555 g/mol. The number of rotatable bonds is 7. The standard InChI is InChI=1S/C26H19BrCl2N2O4/c1-34-24-9-15(8-21(27)25(24)35-14-18-6-7-19(28)12-22(18)29)13-30-31-26(33)20-10-16-4-2-3-5-17(16)11-23(20)32/h2-13,32H,14H2,1H3,(H,31,33)/b30-13+. The van der Waals surface area contributed by atoms with Gasteiger partial charge >= 0.3 is 0 Å². The van der Waals surface area contributed by atoms with Crippen LogP contribution in [0, 0.1) is 0 Å². The molecule has 2 N–H and O–H groups in total. The number of ether oxygens (including phenoxy) is 2. The molecule has 0 spiro atoms. The molecule has 0 heterocycles. The quantitative estimate of drug-likeness (QED) is 0.185. The van der Waals surface area contributed by atoms with Crippen molar-refractivity contribution in [3.8, 4) is 17.2 Å². The van der Waals surface area contributed by atoms with Gasteiger partial charge in [-0.05, 0) is 68.7 Å². The number of nitrogens with zero attached hydrogens (tertiary/aromatic N) is 1. The number of aromatic hydroxyl groups is 1. The summed E-state index contributed by atoms with van der Waals surface area (Å²) in [5, 5.41) is 17.0. The molecule has 0 unspecified atom stereocenters. The first-order chi connectivity index (χ1) is 16.9. The van der Waals surface area contributed by atoms with E-state index in [1.54, 1.807) is 42.5 Å². The highest BCUT2D eigenvalue weighted by atomic mass is 79.9. The van der Waals surface area contributed by atoms with Crippen molar-refractivity contribution in [2.75, 3.05) is 7.11 Å². The van der Waals surface area contributed by atoms with Crippen LogP contribution in [0.3, 0.4) is 0 Å². The summed E-state index contributed by atoms with van der Waals surface area (Å²) in [7, 11) is 1.52. The highest BCUT2D eigenvalue weighted by molar-refractivity contribution is 9.10. The number of hydrogen-bond acceptors (Lipinski definition) is 5. The maximum absolute atomic E-state index is 12.6. The first-order valence-electron chi connectivity index (χ1n) is 10.3. The van der Waals surface area contributed by atoms with E-state index < -0.39 is 5.91 Å². The van der Waals surface area contributed by atoms with Crippen LogP contribution in [-0.4, -0.2) is 24.3 Å². The Morgan fingerprint density at radius 1 is 1.09 bits per heavy atom. The molecule has 178 valence electrons. The fourth-order valence-corrected chi connectivity index (χ4v) is 4.42. The Morgan fingerprint density at radius 2 is 1.83 bits per heavy atom. The number of carbonyl (C=O) groups is 1. The number of nitrogens with one attached hydrogen (secondary N) is 1. The second-order valence-electron chi connectivity index (χ2n) is 7.47. The van der Waals surface area contributed by atoms with Crippen molar-refractivity contribution in [2.24, 2.45) is 5.10 Å². The number of benzene rings is 4. The first-order valence-corrected chi connectivity index (χ1v) is 11.9. The Morgan fingerprint density at radius 3 is 2.54 bits per heavy atom. The van der Waals surface area contributed by atoms with Gasteiger partial charge in [-0.1, -0.05) is 53.5 Å². The Balaban J connectivity index is 1.47. The zero-order chi connectivity index (χ0) is 24.9. The minimum Gasteiger partial charge on any atom is -0.507 e. The molecule has 0 aliphatic rings. The fraction of sp³-hybridized carbons (Fsp3) is 0.0769. The van der Waals surface area contributed by atoms with Crippen LogP contribution in [0.2, 0.25) is 10.0 Å². The van der Waals surface area contributed by atoms with Crippen LogP contribution in [0.4, 0.5) is 0 Å². The molecule has 35 heavy (non-hydrogen) atoms. The maximum Gasteiger partial charge on any atom is 0.275 e. The van der Waals surface area contributed by atoms with Gasteiger partial charge in [-0.2, -0.15) is 5.10 Å². The van der Waals surface area contributed by atoms with Crippen molar-refractivity contribution in [1.82, 2.24) is 5.43 Å². The lowest BCUT2D eigenvalue weighted by Gasteiger charge is -2.14. The van der Waals surface area contributed by atoms with Gasteiger partial charge in [-0.3, -0.25) is 4.79 Å². The summed E-state index contributed by atoms with van der Waals surface area (Å²) in [4.78, 5) is 12.6. The average Bonchev–Trinajstić information content (AvgIpc) is 2.83. The van der Waals surface area contributed by atoms with Crippen LogP contribution in [-0.2, 0) is 6.61 Å². The third-order valence-corrected chi connectivity index (χ3v) is 6.30. The summed E-state index contributed by atoms with van der Waals surface area (Å²) >= 11 is 15.7. The minimum absolute atomic E-state index is 0.122. The fourth-order valence-electron chi connectivity index (χ4n) is 3.38. The molecule has 0 aromatic heterocycles. The number of halogens is 3. The lowest BCUT2D eigenvalue weighted by molar-refractivity contribution is 0.0952. The molecular formula is C26H19BrCl2N2O4. The Bertz CT molecular complexity index is 1440. The van der Waals surface area contributed by atoms with Crippen LogP contribution in [0.25, 0.3) is 10.8 Å². The average molecular weight is 574 g/mol. The van der Waals surface area contributed by atoms with Gasteiger partial charge in [0.05, 0.1) is 23.4 Å². The van der Waals surface area contributed by atoms with E-state index in [0.717, 1.165) is 16.3 Å². The number of hydrogen-bond donors (Lipinski definition) is 2. The van der Waals surface area contributed by atoms with E-state index in [4.69, 9.17) is 32.7 Å². The Labute approximate surface area is 220 Å². The topological polar surface area (TPSA) is 80.2 Å². The van der Waals surface area contributed by atoms with Crippen LogP contribution in [0.15, 0.2) is 76.3 Å². The molecule has 0 aliphatic carbocycles. The highest BCUT2D eigenvalue weighted by Gasteiger charge is 2.14. The number of fused-ring (bicyclic) bond motifs is 1. The summed E-state index contributed by atoms with van der Waals surface area (Å²) in [5.41, 5.74) is 3.99. The molecule has 4 aromatic carbocycles. The van der Waals surface area contributed by atoms with Crippen LogP contribution in [0.1, 0.15) is 21.5 Å². The van der Waals surface area contributed by atoms with Crippen LogP contribution in [0.5, 0.6) is 17.2 Å². The third-order valence-electron chi connectivity index (χ3n) is 5.13. The van der Waals surface area contributed by atoms with Crippen LogP contribution >= 0.6 is 39.1 Å². The van der Waals surface area contributed by atoms with Gasteiger partial charge in [-0.15, -0.1) is 0 Å². The van der Waals surface area contributed by atoms with Gasteiger partial charge < -0.3 is 14.6 Å². The number of hydrazone groups is 1. The van der Waals surface area contributed by atoms with E-state index >= 15 is 0 Å². The summed E-state index contributed by atoms with van der Waals surface area (Å²) in [5.74, 6) is 0.295. The predicted molar refractivity (Wildman–Crippen MR) is 142 cm³/mol.